The second kappa shape index (κ2) is 7.43. The molecule has 0 heterocycles. The number of hydrogen-bond acceptors (Lipinski definition) is 1. The first kappa shape index (κ1) is 15.9. The van der Waals surface area contributed by atoms with E-state index < -0.39 is 0 Å². The molecule has 0 bridgehead atoms. The number of rotatable bonds is 3. The van der Waals surface area contributed by atoms with Crippen molar-refractivity contribution in [2.45, 2.75) is 12.5 Å². The maximum atomic E-state index is 6.19. The Balaban J connectivity index is 0.00000162. The molecule has 0 amide bonds. The van der Waals surface area contributed by atoms with Crippen molar-refractivity contribution in [3.8, 4) is 0 Å². The van der Waals surface area contributed by atoms with Gasteiger partial charge in [0.1, 0.15) is 0 Å². The summed E-state index contributed by atoms with van der Waals surface area (Å²) >= 11 is 6.85. The van der Waals surface area contributed by atoms with Gasteiger partial charge in [0.05, 0.1) is 0 Å². The molecule has 1 atom stereocenters. The fraction of sp³-hybridized carbons (Fsp3) is 0.143. The molecule has 0 aromatic heterocycles. The monoisotopic (exact) mass is 433 g/mol. The molecule has 0 aliphatic heterocycles. The summed E-state index contributed by atoms with van der Waals surface area (Å²) in [4.78, 5) is 0. The Kier molecular flexibility index (Phi) is 6.57. The van der Waals surface area contributed by atoms with Crippen LogP contribution in [0.2, 0.25) is 0 Å². The van der Waals surface area contributed by atoms with Gasteiger partial charge in [0.15, 0.2) is 0 Å². The van der Waals surface area contributed by atoms with Gasteiger partial charge in [-0.25, -0.2) is 0 Å². The molecule has 0 spiro atoms. The third-order valence-corrected chi connectivity index (χ3v) is 3.72. The van der Waals surface area contributed by atoms with E-state index in [1.165, 1.54) is 5.56 Å². The first-order valence-electron chi connectivity index (χ1n) is 5.40. The van der Waals surface area contributed by atoms with Crippen LogP contribution in [0.25, 0.3) is 0 Å². The number of hydrogen-bond donors (Lipinski definition) is 1. The van der Waals surface area contributed by atoms with Gasteiger partial charge in [-0.3, -0.25) is 0 Å². The zero-order chi connectivity index (χ0) is 12.3. The lowest BCUT2D eigenvalue weighted by molar-refractivity contribution is 0.722. The van der Waals surface area contributed by atoms with Crippen molar-refractivity contribution >= 4 is 48.8 Å². The van der Waals surface area contributed by atoms with Gasteiger partial charge in [-0.1, -0.05) is 56.1 Å². The Morgan fingerprint density at radius 3 is 1.78 bits per heavy atom. The fourth-order valence-corrected chi connectivity index (χ4v) is 2.23. The molecule has 18 heavy (non-hydrogen) atoms. The normalized spacial score (nSPS) is 11.7. The molecule has 0 aliphatic carbocycles. The summed E-state index contributed by atoms with van der Waals surface area (Å²) < 4.78 is 2.18. The summed E-state index contributed by atoms with van der Waals surface area (Å²) in [6.45, 7) is 0. The van der Waals surface area contributed by atoms with Gasteiger partial charge in [-0.15, -0.1) is 17.0 Å². The van der Waals surface area contributed by atoms with Gasteiger partial charge in [-0.2, -0.15) is 0 Å². The number of benzene rings is 2. The molecule has 2 aromatic rings. The van der Waals surface area contributed by atoms with Crippen LogP contribution in [-0.2, 0) is 6.42 Å². The van der Waals surface area contributed by atoms with Crippen LogP contribution in [0.15, 0.2) is 57.5 Å². The molecule has 2 aromatic carbocycles. The zero-order valence-corrected chi connectivity index (χ0v) is 14.5. The minimum Gasteiger partial charge on any atom is -0.324 e. The Morgan fingerprint density at radius 1 is 0.833 bits per heavy atom. The van der Waals surface area contributed by atoms with Crippen LogP contribution < -0.4 is 5.73 Å². The van der Waals surface area contributed by atoms with Crippen LogP contribution in [0.5, 0.6) is 0 Å². The smallest absolute Gasteiger partial charge is 0.0335 e. The average molecular weight is 436 g/mol. The van der Waals surface area contributed by atoms with E-state index in [0.717, 1.165) is 20.9 Å². The standard InChI is InChI=1S/C14H13Br2N.BrH/c15-12-5-1-10(2-6-12)9-14(17)11-3-7-13(16)8-4-11;/h1-8,14H,9,17H2;1H. The zero-order valence-electron chi connectivity index (χ0n) is 9.64. The lowest BCUT2D eigenvalue weighted by Crippen LogP contribution is -2.13. The third kappa shape index (κ3) is 4.50. The van der Waals surface area contributed by atoms with Gasteiger partial charge < -0.3 is 5.73 Å². The van der Waals surface area contributed by atoms with Crippen molar-refractivity contribution in [2.75, 3.05) is 0 Å². The van der Waals surface area contributed by atoms with E-state index in [9.17, 15) is 0 Å². The van der Waals surface area contributed by atoms with Crippen molar-refractivity contribution in [3.63, 3.8) is 0 Å². The van der Waals surface area contributed by atoms with Crippen LogP contribution in [0.3, 0.4) is 0 Å². The molecule has 4 heteroatoms. The minimum atomic E-state index is 0. The van der Waals surface area contributed by atoms with E-state index in [1.807, 2.05) is 24.3 Å². The van der Waals surface area contributed by atoms with E-state index >= 15 is 0 Å². The predicted molar refractivity (Wildman–Crippen MR) is 89.2 cm³/mol. The Bertz CT molecular complexity index is 479. The SMILES string of the molecule is Br.NC(Cc1ccc(Br)cc1)c1ccc(Br)cc1. The van der Waals surface area contributed by atoms with E-state index in [4.69, 9.17) is 5.73 Å². The first-order chi connectivity index (χ1) is 8.15. The Hall–Kier alpha value is -0.160. The highest BCUT2D eigenvalue weighted by atomic mass is 79.9. The number of nitrogens with two attached hydrogens (primary N) is 1. The largest absolute Gasteiger partial charge is 0.324 e. The predicted octanol–water partition coefficient (Wildman–Crippen LogP) is 5.03. The molecule has 0 fully saturated rings. The van der Waals surface area contributed by atoms with Crippen molar-refractivity contribution in [3.05, 3.63) is 68.6 Å². The first-order valence-corrected chi connectivity index (χ1v) is 6.99. The highest BCUT2D eigenvalue weighted by molar-refractivity contribution is 9.10. The van der Waals surface area contributed by atoms with Gasteiger partial charge in [0.25, 0.3) is 0 Å². The second-order valence-corrected chi connectivity index (χ2v) is 5.82. The molecule has 96 valence electrons. The molecule has 2 N–H and O–H groups in total. The Morgan fingerprint density at radius 2 is 1.28 bits per heavy atom. The lowest BCUT2D eigenvalue weighted by atomic mass is 10.00. The van der Waals surface area contributed by atoms with Crippen LogP contribution in [-0.4, -0.2) is 0 Å². The van der Waals surface area contributed by atoms with Crippen molar-refractivity contribution < 1.29 is 0 Å². The van der Waals surface area contributed by atoms with Crippen molar-refractivity contribution in [1.82, 2.24) is 0 Å². The molecular formula is C14H14Br3N. The van der Waals surface area contributed by atoms with Crippen LogP contribution >= 0.6 is 48.8 Å². The second-order valence-electron chi connectivity index (χ2n) is 3.99. The lowest BCUT2D eigenvalue weighted by Gasteiger charge is -2.12. The summed E-state index contributed by atoms with van der Waals surface area (Å²) in [5, 5.41) is 0. The molecule has 2 rings (SSSR count). The highest BCUT2D eigenvalue weighted by Crippen LogP contribution is 2.20. The molecule has 0 radical (unpaired) electrons. The van der Waals surface area contributed by atoms with Gasteiger partial charge >= 0.3 is 0 Å². The maximum absolute atomic E-state index is 6.19. The van der Waals surface area contributed by atoms with E-state index in [-0.39, 0.29) is 23.0 Å². The minimum absolute atomic E-state index is 0. The third-order valence-electron chi connectivity index (χ3n) is 2.67. The maximum Gasteiger partial charge on any atom is 0.0335 e. The average Bonchev–Trinajstić information content (AvgIpc) is 2.33. The van der Waals surface area contributed by atoms with E-state index in [2.05, 4.69) is 56.1 Å². The highest BCUT2D eigenvalue weighted by Gasteiger charge is 2.06. The Labute approximate surface area is 135 Å². The topological polar surface area (TPSA) is 26.0 Å². The summed E-state index contributed by atoms with van der Waals surface area (Å²) in [6, 6.07) is 16.5. The van der Waals surface area contributed by atoms with Crippen LogP contribution in [0.1, 0.15) is 17.2 Å². The van der Waals surface area contributed by atoms with E-state index in [0.29, 0.717) is 0 Å². The van der Waals surface area contributed by atoms with Gasteiger partial charge in [-0.05, 0) is 41.8 Å². The fourth-order valence-electron chi connectivity index (χ4n) is 1.70. The number of halogens is 3. The van der Waals surface area contributed by atoms with E-state index in [1.54, 1.807) is 0 Å². The molecular weight excluding hydrogens is 422 g/mol. The quantitative estimate of drug-likeness (QED) is 0.718. The van der Waals surface area contributed by atoms with Crippen LogP contribution in [0, 0.1) is 0 Å². The van der Waals surface area contributed by atoms with Crippen molar-refractivity contribution in [2.24, 2.45) is 5.73 Å². The molecule has 0 saturated heterocycles. The van der Waals surface area contributed by atoms with Gasteiger partial charge in [0.2, 0.25) is 0 Å². The summed E-state index contributed by atoms with van der Waals surface area (Å²) in [5.74, 6) is 0. The summed E-state index contributed by atoms with van der Waals surface area (Å²) in [6.07, 6.45) is 0.856. The van der Waals surface area contributed by atoms with Gasteiger partial charge in [0, 0.05) is 15.0 Å². The molecule has 0 aliphatic rings. The summed E-state index contributed by atoms with van der Waals surface area (Å²) in [5.41, 5.74) is 8.60. The summed E-state index contributed by atoms with van der Waals surface area (Å²) in [7, 11) is 0. The van der Waals surface area contributed by atoms with Crippen molar-refractivity contribution in [1.29, 1.82) is 0 Å². The molecule has 1 unspecified atom stereocenters. The molecule has 0 saturated carbocycles. The van der Waals surface area contributed by atoms with Crippen LogP contribution in [0.4, 0.5) is 0 Å². The molecule has 1 nitrogen and oxygen atoms in total.